The van der Waals surface area contributed by atoms with Gasteiger partial charge in [-0.25, -0.2) is 0 Å². The third-order valence-electron chi connectivity index (χ3n) is 5.86. The first-order valence-corrected chi connectivity index (χ1v) is 10.5. The highest BCUT2D eigenvalue weighted by Crippen LogP contribution is 2.28. The lowest BCUT2D eigenvalue weighted by Gasteiger charge is -2.17. The van der Waals surface area contributed by atoms with E-state index in [1.807, 2.05) is 0 Å². The molecule has 0 bridgehead atoms. The van der Waals surface area contributed by atoms with Crippen molar-refractivity contribution < 1.29 is 4.74 Å². The van der Waals surface area contributed by atoms with Gasteiger partial charge in [-0.2, -0.15) is 0 Å². The molecule has 0 spiro atoms. The quantitative estimate of drug-likeness (QED) is 0.510. The van der Waals surface area contributed by atoms with E-state index >= 15 is 0 Å². The second kappa shape index (κ2) is 9.97. The number of likely N-dealkylation sites (tertiary alicyclic amines) is 1. The Kier molecular flexibility index (Phi) is 7.37. The van der Waals surface area contributed by atoms with Crippen molar-refractivity contribution in [1.29, 1.82) is 0 Å². The lowest BCUT2D eigenvalue weighted by molar-refractivity contribution is 0.310. The minimum atomic E-state index is 0.804. The van der Waals surface area contributed by atoms with Crippen molar-refractivity contribution in [3.8, 4) is 5.75 Å². The maximum atomic E-state index is 5.96. The predicted octanol–water partition coefficient (Wildman–Crippen LogP) is 5.93. The van der Waals surface area contributed by atoms with Crippen LogP contribution in [0.4, 0.5) is 0 Å². The zero-order valence-corrected chi connectivity index (χ0v) is 16.7. The lowest BCUT2D eigenvalue weighted by atomic mass is 9.90. The van der Waals surface area contributed by atoms with Gasteiger partial charge in [-0.05, 0) is 108 Å². The number of allylic oxidation sites excluding steroid dienone is 4. The van der Waals surface area contributed by atoms with E-state index in [4.69, 9.17) is 4.74 Å². The Balaban J connectivity index is 1.34. The van der Waals surface area contributed by atoms with Gasteiger partial charge in [-0.1, -0.05) is 29.4 Å². The van der Waals surface area contributed by atoms with Crippen molar-refractivity contribution in [3.63, 3.8) is 0 Å². The molecule has 0 aromatic heterocycles. The Morgan fingerprint density at radius 2 is 1.73 bits per heavy atom. The van der Waals surface area contributed by atoms with Crippen LogP contribution < -0.4 is 4.74 Å². The van der Waals surface area contributed by atoms with E-state index in [9.17, 15) is 0 Å². The Hall–Kier alpha value is -1.54. The minimum absolute atomic E-state index is 0.804. The molecule has 1 fully saturated rings. The summed E-state index contributed by atoms with van der Waals surface area (Å²) in [7, 11) is 0. The van der Waals surface area contributed by atoms with Crippen molar-refractivity contribution >= 4 is 0 Å². The minimum Gasteiger partial charge on any atom is -0.494 e. The molecular weight excluding hydrogens is 318 g/mol. The average molecular weight is 354 g/mol. The zero-order chi connectivity index (χ0) is 18.2. The van der Waals surface area contributed by atoms with Crippen LogP contribution in [0.15, 0.2) is 47.1 Å². The van der Waals surface area contributed by atoms with Crippen LogP contribution in [0.5, 0.6) is 5.75 Å². The van der Waals surface area contributed by atoms with Gasteiger partial charge in [0.25, 0.3) is 0 Å². The van der Waals surface area contributed by atoms with Gasteiger partial charge >= 0.3 is 0 Å². The average Bonchev–Trinajstić information content (AvgIpc) is 3.15. The molecule has 0 saturated carbocycles. The van der Waals surface area contributed by atoms with Crippen molar-refractivity contribution in [2.75, 3.05) is 26.2 Å². The number of rotatable bonds is 9. The molecule has 1 aromatic rings. The van der Waals surface area contributed by atoms with Gasteiger partial charge < -0.3 is 9.64 Å². The predicted molar refractivity (Wildman–Crippen MR) is 111 cm³/mol. The van der Waals surface area contributed by atoms with Crippen LogP contribution in [0, 0.1) is 0 Å². The van der Waals surface area contributed by atoms with Crippen LogP contribution in [0.25, 0.3) is 0 Å². The number of hydrogen-bond donors (Lipinski definition) is 0. The normalized spacial score (nSPS) is 18.3. The molecule has 3 rings (SSSR count). The molecule has 1 aromatic carbocycles. The first-order valence-electron chi connectivity index (χ1n) is 10.5. The van der Waals surface area contributed by atoms with Crippen molar-refractivity contribution in [2.45, 2.75) is 65.2 Å². The molecule has 0 amide bonds. The van der Waals surface area contributed by atoms with E-state index in [2.05, 4.69) is 49.1 Å². The summed E-state index contributed by atoms with van der Waals surface area (Å²) in [5.74, 6) is 1.01. The van der Waals surface area contributed by atoms with Crippen molar-refractivity contribution in [2.24, 2.45) is 0 Å². The molecule has 1 aliphatic heterocycles. The summed E-state index contributed by atoms with van der Waals surface area (Å²) in [6, 6.07) is 8.75. The Morgan fingerprint density at radius 3 is 2.46 bits per heavy atom. The third kappa shape index (κ3) is 5.74. The van der Waals surface area contributed by atoms with Gasteiger partial charge in [0.2, 0.25) is 0 Å². The van der Waals surface area contributed by atoms with Crippen LogP contribution in [-0.2, 0) is 6.42 Å². The van der Waals surface area contributed by atoms with Crippen LogP contribution in [0.3, 0.4) is 0 Å². The monoisotopic (exact) mass is 353 g/mol. The number of aryl methyl sites for hydroxylation is 1. The molecule has 1 heterocycles. The van der Waals surface area contributed by atoms with E-state index in [-0.39, 0.29) is 0 Å². The van der Waals surface area contributed by atoms with Crippen LogP contribution >= 0.6 is 0 Å². The van der Waals surface area contributed by atoms with Crippen LogP contribution in [0.1, 0.15) is 64.4 Å². The topological polar surface area (TPSA) is 12.5 Å². The largest absolute Gasteiger partial charge is 0.494 e. The van der Waals surface area contributed by atoms with Gasteiger partial charge in [-0.3, -0.25) is 0 Å². The Labute approximate surface area is 159 Å². The zero-order valence-electron chi connectivity index (χ0n) is 16.7. The molecule has 0 N–H and O–H groups in total. The lowest BCUT2D eigenvalue weighted by Crippen LogP contribution is -2.20. The Bertz CT molecular complexity index is 620. The summed E-state index contributed by atoms with van der Waals surface area (Å²) in [6.45, 7) is 9.20. The number of benzene rings is 1. The molecule has 2 aliphatic rings. The molecule has 0 radical (unpaired) electrons. The van der Waals surface area contributed by atoms with Crippen molar-refractivity contribution in [3.05, 3.63) is 52.6 Å². The number of ether oxygens (including phenoxy) is 1. The first-order chi connectivity index (χ1) is 12.7. The molecule has 142 valence electrons. The fourth-order valence-corrected chi connectivity index (χ4v) is 4.23. The second-order valence-electron chi connectivity index (χ2n) is 7.93. The molecule has 1 aliphatic carbocycles. The third-order valence-corrected chi connectivity index (χ3v) is 5.86. The van der Waals surface area contributed by atoms with Gasteiger partial charge in [0.1, 0.15) is 5.75 Å². The molecule has 0 atom stereocenters. The maximum Gasteiger partial charge on any atom is 0.119 e. The molecular formula is C24H35NO. The molecule has 0 unspecified atom stereocenters. The molecule has 2 nitrogen and oxygen atoms in total. The summed E-state index contributed by atoms with van der Waals surface area (Å²) in [4.78, 5) is 2.60. The van der Waals surface area contributed by atoms with Gasteiger partial charge in [0, 0.05) is 0 Å². The molecule has 26 heavy (non-hydrogen) atoms. The second-order valence-corrected chi connectivity index (χ2v) is 7.93. The highest BCUT2D eigenvalue weighted by atomic mass is 16.5. The summed E-state index contributed by atoms with van der Waals surface area (Å²) >= 11 is 0. The highest BCUT2D eigenvalue weighted by molar-refractivity contribution is 5.36. The van der Waals surface area contributed by atoms with Gasteiger partial charge in [-0.15, -0.1) is 0 Å². The van der Waals surface area contributed by atoms with Gasteiger partial charge in [0.05, 0.1) is 6.61 Å². The summed E-state index contributed by atoms with van der Waals surface area (Å²) in [5, 5.41) is 0. The fourth-order valence-electron chi connectivity index (χ4n) is 4.23. The Morgan fingerprint density at radius 1 is 0.962 bits per heavy atom. The number of nitrogens with zero attached hydrogens (tertiary/aromatic N) is 1. The summed E-state index contributed by atoms with van der Waals surface area (Å²) in [6.07, 6.45) is 12.3. The van der Waals surface area contributed by atoms with E-state index < -0.39 is 0 Å². The number of hydrogen-bond acceptors (Lipinski definition) is 2. The fraction of sp³-hybridized carbons (Fsp3) is 0.583. The SMILES string of the molecule is CC1=CCCC(C)=C1CCCOc1ccc(CCCN2CCCC2)cc1. The summed E-state index contributed by atoms with van der Waals surface area (Å²) < 4.78 is 5.96. The molecule has 1 saturated heterocycles. The smallest absolute Gasteiger partial charge is 0.119 e. The van der Waals surface area contributed by atoms with Gasteiger partial charge in [0.15, 0.2) is 0 Å². The van der Waals surface area contributed by atoms with Crippen LogP contribution in [-0.4, -0.2) is 31.1 Å². The standard InChI is InChI=1S/C24H35NO/c1-20-8-5-9-21(2)24(20)11-7-19-26-23-14-12-22(13-15-23)10-6-18-25-16-3-4-17-25/h8,12-15H,3-7,9-11,16-19H2,1-2H3. The van der Waals surface area contributed by atoms with Crippen LogP contribution in [0.2, 0.25) is 0 Å². The van der Waals surface area contributed by atoms with E-state index in [1.165, 1.54) is 69.3 Å². The maximum absolute atomic E-state index is 5.96. The van der Waals surface area contributed by atoms with E-state index in [0.29, 0.717) is 0 Å². The highest BCUT2D eigenvalue weighted by Gasteiger charge is 2.11. The van der Waals surface area contributed by atoms with Crippen molar-refractivity contribution in [1.82, 2.24) is 4.90 Å². The van der Waals surface area contributed by atoms with E-state index in [0.717, 1.165) is 25.2 Å². The van der Waals surface area contributed by atoms with E-state index in [1.54, 1.807) is 11.1 Å². The summed E-state index contributed by atoms with van der Waals surface area (Å²) in [5.41, 5.74) is 6.05. The first kappa shape index (κ1) is 19.2. The molecule has 2 heteroatoms.